The summed E-state index contributed by atoms with van der Waals surface area (Å²) in [6.45, 7) is 1.98. The van der Waals surface area contributed by atoms with E-state index in [0.717, 1.165) is 34.6 Å². The predicted octanol–water partition coefficient (Wildman–Crippen LogP) is 2.37. The highest BCUT2D eigenvalue weighted by atomic mass is 16.5. The van der Waals surface area contributed by atoms with E-state index in [1.807, 2.05) is 25.1 Å². The fraction of sp³-hybridized carbons (Fsp3) is 0.294. The fourth-order valence-electron chi connectivity index (χ4n) is 2.37. The zero-order valence-corrected chi connectivity index (χ0v) is 13.7. The largest absolute Gasteiger partial charge is 0.496 e. The highest BCUT2D eigenvalue weighted by molar-refractivity contribution is 5.52. The van der Waals surface area contributed by atoms with Crippen LogP contribution in [-0.2, 0) is 12.8 Å². The van der Waals surface area contributed by atoms with Crippen LogP contribution in [0, 0.1) is 0 Å². The van der Waals surface area contributed by atoms with Gasteiger partial charge in [0, 0.05) is 23.7 Å². The van der Waals surface area contributed by atoms with Crippen molar-refractivity contribution >= 4 is 11.8 Å². The molecule has 0 radical (unpaired) electrons. The van der Waals surface area contributed by atoms with Crippen molar-refractivity contribution < 1.29 is 9.47 Å². The van der Waals surface area contributed by atoms with Crippen LogP contribution in [0.5, 0.6) is 11.5 Å². The second kappa shape index (κ2) is 7.49. The Morgan fingerprint density at radius 1 is 1.13 bits per heavy atom. The van der Waals surface area contributed by atoms with Gasteiger partial charge < -0.3 is 20.9 Å². The SMILES string of the molecule is C/C=C/Cc1c(OC)cc(Cc2cnc(N)nc2N)cc1OC. The molecule has 4 N–H and O–H groups in total. The number of nitrogens with zero attached hydrogens (tertiary/aromatic N) is 2. The van der Waals surface area contributed by atoms with Crippen molar-refractivity contribution in [3.63, 3.8) is 0 Å². The quantitative estimate of drug-likeness (QED) is 0.795. The molecule has 23 heavy (non-hydrogen) atoms. The van der Waals surface area contributed by atoms with E-state index in [2.05, 4.69) is 16.0 Å². The number of methoxy groups -OCH3 is 2. The van der Waals surface area contributed by atoms with Crippen molar-refractivity contribution in [2.45, 2.75) is 19.8 Å². The van der Waals surface area contributed by atoms with Gasteiger partial charge in [-0.2, -0.15) is 4.98 Å². The highest BCUT2D eigenvalue weighted by Gasteiger charge is 2.13. The number of ether oxygens (including phenoxy) is 2. The lowest BCUT2D eigenvalue weighted by Gasteiger charge is -2.15. The summed E-state index contributed by atoms with van der Waals surface area (Å²) in [6, 6.07) is 3.97. The van der Waals surface area contributed by atoms with Crippen molar-refractivity contribution in [3.8, 4) is 11.5 Å². The van der Waals surface area contributed by atoms with E-state index in [1.165, 1.54) is 0 Å². The number of nitrogens with two attached hydrogens (primary N) is 2. The minimum Gasteiger partial charge on any atom is -0.496 e. The molecule has 0 fully saturated rings. The molecule has 0 unspecified atom stereocenters. The molecule has 1 aromatic carbocycles. The molecule has 0 atom stereocenters. The van der Waals surface area contributed by atoms with Gasteiger partial charge in [0.1, 0.15) is 17.3 Å². The van der Waals surface area contributed by atoms with E-state index < -0.39 is 0 Å². The molecule has 1 aromatic heterocycles. The second-order valence-corrected chi connectivity index (χ2v) is 5.07. The van der Waals surface area contributed by atoms with E-state index in [1.54, 1.807) is 20.4 Å². The number of allylic oxidation sites excluding steroid dienone is 2. The third kappa shape index (κ3) is 3.91. The molecule has 0 saturated carbocycles. The summed E-state index contributed by atoms with van der Waals surface area (Å²) in [5.41, 5.74) is 14.3. The third-order valence-corrected chi connectivity index (χ3v) is 3.54. The molecular weight excluding hydrogens is 292 g/mol. The van der Waals surface area contributed by atoms with Gasteiger partial charge in [-0.1, -0.05) is 12.2 Å². The maximum absolute atomic E-state index is 5.90. The Morgan fingerprint density at radius 3 is 2.30 bits per heavy atom. The molecule has 2 rings (SSSR count). The monoisotopic (exact) mass is 314 g/mol. The summed E-state index contributed by atoms with van der Waals surface area (Å²) in [5, 5.41) is 0. The van der Waals surface area contributed by atoms with Gasteiger partial charge in [-0.3, -0.25) is 0 Å². The molecule has 6 heteroatoms. The van der Waals surface area contributed by atoms with Crippen molar-refractivity contribution in [3.05, 3.63) is 47.2 Å². The van der Waals surface area contributed by atoms with Crippen LogP contribution >= 0.6 is 0 Å². The van der Waals surface area contributed by atoms with Gasteiger partial charge in [0.25, 0.3) is 0 Å². The Bertz CT molecular complexity index is 689. The maximum Gasteiger partial charge on any atom is 0.221 e. The first-order valence-corrected chi connectivity index (χ1v) is 7.30. The van der Waals surface area contributed by atoms with Gasteiger partial charge in [0.05, 0.1) is 14.2 Å². The number of anilines is 2. The molecule has 0 aliphatic heterocycles. The molecular formula is C17H22N4O2. The minimum absolute atomic E-state index is 0.170. The summed E-state index contributed by atoms with van der Waals surface area (Å²) in [7, 11) is 3.30. The van der Waals surface area contributed by atoms with Gasteiger partial charge >= 0.3 is 0 Å². The number of aromatic nitrogens is 2. The predicted molar refractivity (Wildman–Crippen MR) is 91.7 cm³/mol. The minimum atomic E-state index is 0.170. The zero-order chi connectivity index (χ0) is 16.8. The first-order chi connectivity index (χ1) is 11.1. The first-order valence-electron chi connectivity index (χ1n) is 7.30. The molecule has 2 aromatic rings. The number of hydrogen-bond donors (Lipinski definition) is 2. The Kier molecular flexibility index (Phi) is 5.41. The molecule has 0 saturated heterocycles. The molecule has 1 heterocycles. The Labute approximate surface area is 136 Å². The van der Waals surface area contributed by atoms with Crippen molar-refractivity contribution in [1.29, 1.82) is 0 Å². The van der Waals surface area contributed by atoms with Crippen LogP contribution in [0.2, 0.25) is 0 Å². The zero-order valence-electron chi connectivity index (χ0n) is 13.7. The van der Waals surface area contributed by atoms with Crippen LogP contribution in [0.1, 0.15) is 23.6 Å². The van der Waals surface area contributed by atoms with E-state index in [-0.39, 0.29) is 5.95 Å². The lowest BCUT2D eigenvalue weighted by atomic mass is 10.0. The molecule has 0 aliphatic rings. The molecule has 0 amide bonds. The van der Waals surface area contributed by atoms with E-state index in [4.69, 9.17) is 20.9 Å². The molecule has 6 nitrogen and oxygen atoms in total. The lowest BCUT2D eigenvalue weighted by Crippen LogP contribution is -2.05. The third-order valence-electron chi connectivity index (χ3n) is 3.54. The summed E-state index contributed by atoms with van der Waals surface area (Å²) in [5.74, 6) is 2.12. The van der Waals surface area contributed by atoms with Crippen molar-refractivity contribution in [1.82, 2.24) is 9.97 Å². The van der Waals surface area contributed by atoms with Crippen LogP contribution in [-0.4, -0.2) is 24.2 Å². The van der Waals surface area contributed by atoms with Gasteiger partial charge in [0.15, 0.2) is 0 Å². The van der Waals surface area contributed by atoms with Gasteiger partial charge in [-0.25, -0.2) is 4.98 Å². The summed E-state index contributed by atoms with van der Waals surface area (Å²) < 4.78 is 11.0. The highest BCUT2D eigenvalue weighted by Crippen LogP contribution is 2.32. The molecule has 0 bridgehead atoms. The van der Waals surface area contributed by atoms with E-state index in [0.29, 0.717) is 12.2 Å². The maximum atomic E-state index is 5.90. The Hall–Kier alpha value is -2.76. The van der Waals surface area contributed by atoms with Crippen molar-refractivity contribution in [2.75, 3.05) is 25.7 Å². The molecule has 0 aliphatic carbocycles. The van der Waals surface area contributed by atoms with Gasteiger partial charge in [0.2, 0.25) is 5.95 Å². The lowest BCUT2D eigenvalue weighted by molar-refractivity contribution is 0.386. The van der Waals surface area contributed by atoms with Crippen LogP contribution in [0.3, 0.4) is 0 Å². The smallest absolute Gasteiger partial charge is 0.221 e. The summed E-state index contributed by atoms with van der Waals surface area (Å²) in [6.07, 6.45) is 7.02. The Morgan fingerprint density at radius 2 is 1.78 bits per heavy atom. The molecule has 0 spiro atoms. The summed E-state index contributed by atoms with van der Waals surface area (Å²) in [4.78, 5) is 7.98. The number of hydrogen-bond acceptors (Lipinski definition) is 6. The number of rotatable bonds is 6. The standard InChI is InChI=1S/C17H22N4O2/c1-4-5-6-13-14(22-2)8-11(9-15(13)23-3)7-12-10-20-17(19)21-16(12)18/h4-5,8-10H,6-7H2,1-3H3,(H4,18,19,20,21)/b5-4+. The normalized spacial score (nSPS) is 10.9. The number of benzene rings is 1. The van der Waals surface area contributed by atoms with Crippen LogP contribution in [0.4, 0.5) is 11.8 Å². The fourth-order valence-corrected chi connectivity index (χ4v) is 2.37. The number of nitrogen functional groups attached to an aromatic ring is 2. The van der Waals surface area contributed by atoms with E-state index in [9.17, 15) is 0 Å². The topological polar surface area (TPSA) is 96.3 Å². The van der Waals surface area contributed by atoms with Gasteiger partial charge in [-0.05, 0) is 31.0 Å². The first kappa shape index (κ1) is 16.6. The second-order valence-electron chi connectivity index (χ2n) is 5.07. The summed E-state index contributed by atoms with van der Waals surface area (Å²) >= 11 is 0. The van der Waals surface area contributed by atoms with Crippen LogP contribution < -0.4 is 20.9 Å². The van der Waals surface area contributed by atoms with Crippen LogP contribution in [0.15, 0.2) is 30.5 Å². The van der Waals surface area contributed by atoms with Crippen molar-refractivity contribution in [2.24, 2.45) is 0 Å². The average molecular weight is 314 g/mol. The van der Waals surface area contributed by atoms with Crippen LogP contribution in [0.25, 0.3) is 0 Å². The Balaban J connectivity index is 2.39. The molecule has 122 valence electrons. The van der Waals surface area contributed by atoms with E-state index >= 15 is 0 Å². The average Bonchev–Trinajstić information content (AvgIpc) is 2.55. The van der Waals surface area contributed by atoms with Gasteiger partial charge in [-0.15, -0.1) is 0 Å².